The van der Waals surface area contributed by atoms with Crippen molar-refractivity contribution < 1.29 is 9.59 Å². The number of hydrogen-bond donors (Lipinski definition) is 1. The van der Waals surface area contributed by atoms with E-state index in [-0.39, 0.29) is 17.7 Å². The first-order valence-electron chi connectivity index (χ1n) is 9.55. The van der Waals surface area contributed by atoms with Crippen LogP contribution in [-0.2, 0) is 16.1 Å². The molecule has 4 rings (SSSR count). The van der Waals surface area contributed by atoms with Crippen molar-refractivity contribution in [3.05, 3.63) is 47.2 Å². The molecule has 0 spiro atoms. The van der Waals surface area contributed by atoms with Crippen LogP contribution in [0.25, 0.3) is 5.69 Å². The zero-order valence-corrected chi connectivity index (χ0v) is 16.8. The fraction of sp³-hybridized carbons (Fsp3) is 0.450. The van der Waals surface area contributed by atoms with Gasteiger partial charge < -0.3 is 10.2 Å². The third-order valence-corrected chi connectivity index (χ3v) is 5.63. The van der Waals surface area contributed by atoms with Crippen LogP contribution in [-0.4, -0.2) is 63.1 Å². The molecular formula is C20H24ClN5O2. The van der Waals surface area contributed by atoms with Crippen molar-refractivity contribution in [1.29, 1.82) is 0 Å². The average Bonchev–Trinajstić information content (AvgIpc) is 3.13. The minimum Gasteiger partial charge on any atom is -0.342 e. The first-order valence-corrected chi connectivity index (χ1v) is 9.93. The molecule has 2 aromatic rings. The molecule has 3 heterocycles. The number of carbonyl (C=O) groups excluding carboxylic acids is 2. The number of fused-ring (bicyclic) bond motifs is 1. The Kier molecular flexibility index (Phi) is 5.12. The number of carbonyl (C=O) groups is 2. The van der Waals surface area contributed by atoms with Gasteiger partial charge in [0.05, 0.1) is 11.9 Å². The molecule has 1 aromatic carbocycles. The molecule has 1 aromatic heterocycles. The summed E-state index contributed by atoms with van der Waals surface area (Å²) in [5.41, 5.74) is 1.96. The van der Waals surface area contributed by atoms with E-state index in [0.29, 0.717) is 24.7 Å². The van der Waals surface area contributed by atoms with E-state index in [1.807, 2.05) is 50.5 Å². The molecule has 0 aliphatic carbocycles. The Morgan fingerprint density at radius 3 is 2.86 bits per heavy atom. The van der Waals surface area contributed by atoms with Gasteiger partial charge in [-0.05, 0) is 24.1 Å². The summed E-state index contributed by atoms with van der Waals surface area (Å²) in [6, 6.07) is 6.70. The van der Waals surface area contributed by atoms with Crippen molar-refractivity contribution in [3.8, 4) is 5.69 Å². The summed E-state index contributed by atoms with van der Waals surface area (Å²) >= 11 is 6.06. The van der Waals surface area contributed by atoms with Crippen molar-refractivity contribution in [2.24, 2.45) is 5.92 Å². The third kappa shape index (κ3) is 3.64. The highest BCUT2D eigenvalue weighted by molar-refractivity contribution is 6.30. The summed E-state index contributed by atoms with van der Waals surface area (Å²) in [6.45, 7) is 6.43. The van der Waals surface area contributed by atoms with E-state index in [4.69, 9.17) is 11.6 Å². The van der Waals surface area contributed by atoms with Gasteiger partial charge in [-0.3, -0.25) is 14.5 Å². The number of rotatable bonds is 4. The predicted molar refractivity (Wildman–Crippen MR) is 106 cm³/mol. The number of nitrogens with zero attached hydrogens (tertiary/aromatic N) is 4. The van der Waals surface area contributed by atoms with E-state index in [1.54, 1.807) is 9.58 Å². The van der Waals surface area contributed by atoms with Gasteiger partial charge in [0, 0.05) is 43.0 Å². The Morgan fingerprint density at radius 1 is 1.29 bits per heavy atom. The van der Waals surface area contributed by atoms with E-state index in [0.717, 1.165) is 17.8 Å². The largest absolute Gasteiger partial charge is 0.342 e. The van der Waals surface area contributed by atoms with Crippen LogP contribution in [0.4, 0.5) is 0 Å². The fourth-order valence-corrected chi connectivity index (χ4v) is 4.06. The van der Waals surface area contributed by atoms with Crippen LogP contribution >= 0.6 is 11.6 Å². The smallest absolute Gasteiger partial charge is 0.246 e. The second-order valence-corrected chi connectivity index (χ2v) is 8.22. The number of hydrogen-bond acceptors (Lipinski definition) is 4. The molecule has 2 atom stereocenters. The Hall–Kier alpha value is -2.38. The second kappa shape index (κ2) is 7.56. The lowest BCUT2D eigenvalue weighted by atomic mass is 9.96. The maximum absolute atomic E-state index is 12.7. The van der Waals surface area contributed by atoms with Crippen molar-refractivity contribution in [3.63, 3.8) is 0 Å². The van der Waals surface area contributed by atoms with Crippen molar-refractivity contribution in [1.82, 2.24) is 24.9 Å². The van der Waals surface area contributed by atoms with Gasteiger partial charge in [-0.1, -0.05) is 31.5 Å². The van der Waals surface area contributed by atoms with E-state index >= 15 is 0 Å². The molecule has 0 radical (unpaired) electrons. The first-order chi connectivity index (χ1) is 13.4. The number of amides is 2. The highest BCUT2D eigenvalue weighted by atomic mass is 35.5. The van der Waals surface area contributed by atoms with Crippen molar-refractivity contribution in [2.45, 2.75) is 32.5 Å². The predicted octanol–water partition coefficient (Wildman–Crippen LogP) is 1.69. The van der Waals surface area contributed by atoms with E-state index in [1.165, 1.54) is 0 Å². The molecule has 8 heteroatoms. The number of nitrogens with one attached hydrogen (secondary N) is 1. The van der Waals surface area contributed by atoms with Gasteiger partial charge >= 0.3 is 0 Å². The molecule has 2 saturated heterocycles. The number of benzene rings is 1. The van der Waals surface area contributed by atoms with E-state index in [9.17, 15) is 9.59 Å². The average molecular weight is 402 g/mol. The summed E-state index contributed by atoms with van der Waals surface area (Å²) in [7, 11) is 0. The standard InChI is InChI=1S/C20H24ClN5O2/c1-13(2)18-20(28)25-7-6-24(12-17(25)19(27)23-18)10-14-9-22-26(11-14)16-5-3-4-15(21)8-16/h3-5,8-9,11,13,17-18H,6-7,10,12H2,1-2H3,(H,23,27)/t17-,18+/m1/s1. The summed E-state index contributed by atoms with van der Waals surface area (Å²) in [4.78, 5) is 29.2. The zero-order chi connectivity index (χ0) is 19.8. The molecular weight excluding hydrogens is 378 g/mol. The minimum absolute atomic E-state index is 0.0352. The number of aromatic nitrogens is 2. The highest BCUT2D eigenvalue weighted by Crippen LogP contribution is 2.21. The molecule has 1 N–H and O–H groups in total. The van der Waals surface area contributed by atoms with E-state index in [2.05, 4.69) is 15.3 Å². The highest BCUT2D eigenvalue weighted by Gasteiger charge is 2.44. The lowest BCUT2D eigenvalue weighted by Crippen LogP contribution is -2.70. The Bertz CT molecular complexity index is 896. The van der Waals surface area contributed by atoms with Gasteiger partial charge in [0.25, 0.3) is 0 Å². The van der Waals surface area contributed by atoms with Gasteiger partial charge in [-0.15, -0.1) is 0 Å². The van der Waals surface area contributed by atoms with Crippen molar-refractivity contribution >= 4 is 23.4 Å². The fourth-order valence-electron chi connectivity index (χ4n) is 3.87. The molecule has 28 heavy (non-hydrogen) atoms. The van der Waals surface area contributed by atoms with Crippen LogP contribution in [0.2, 0.25) is 5.02 Å². The molecule has 2 amide bonds. The SMILES string of the molecule is CC(C)[C@@H]1NC(=O)[C@H]2CN(Cc3cnn(-c4cccc(Cl)c4)c3)CCN2C1=O. The summed E-state index contributed by atoms with van der Waals surface area (Å²) in [5.74, 6) is 0.0680. The zero-order valence-electron chi connectivity index (χ0n) is 16.0. The topological polar surface area (TPSA) is 70.5 Å². The molecule has 2 aliphatic heterocycles. The molecule has 7 nitrogen and oxygen atoms in total. The molecule has 0 bridgehead atoms. The van der Waals surface area contributed by atoms with Gasteiger partial charge in [0.15, 0.2) is 0 Å². The van der Waals surface area contributed by atoms with Crippen LogP contribution in [0.15, 0.2) is 36.7 Å². The second-order valence-electron chi connectivity index (χ2n) is 7.79. The lowest BCUT2D eigenvalue weighted by molar-refractivity contribution is -0.154. The molecule has 0 saturated carbocycles. The van der Waals surface area contributed by atoms with E-state index < -0.39 is 12.1 Å². The monoisotopic (exact) mass is 401 g/mol. The van der Waals surface area contributed by atoms with Crippen LogP contribution < -0.4 is 5.32 Å². The van der Waals surface area contributed by atoms with Gasteiger partial charge in [0.1, 0.15) is 12.1 Å². The molecule has 148 valence electrons. The maximum atomic E-state index is 12.7. The molecule has 2 aliphatic rings. The Labute approximate surface area is 169 Å². The lowest BCUT2D eigenvalue weighted by Gasteiger charge is -2.46. The van der Waals surface area contributed by atoms with Gasteiger partial charge in [-0.25, -0.2) is 4.68 Å². The Morgan fingerprint density at radius 2 is 2.11 bits per heavy atom. The maximum Gasteiger partial charge on any atom is 0.246 e. The minimum atomic E-state index is -0.417. The molecule has 0 unspecified atom stereocenters. The third-order valence-electron chi connectivity index (χ3n) is 5.40. The normalized spacial score (nSPS) is 23.1. The summed E-state index contributed by atoms with van der Waals surface area (Å²) in [6.07, 6.45) is 3.80. The van der Waals surface area contributed by atoms with Crippen LogP contribution in [0.5, 0.6) is 0 Å². The van der Waals surface area contributed by atoms with Crippen molar-refractivity contribution in [2.75, 3.05) is 19.6 Å². The number of piperazine rings is 2. The number of halogens is 1. The van der Waals surface area contributed by atoms with Gasteiger partial charge in [-0.2, -0.15) is 5.10 Å². The van der Waals surface area contributed by atoms with Gasteiger partial charge in [0.2, 0.25) is 11.8 Å². The van der Waals surface area contributed by atoms with Crippen LogP contribution in [0, 0.1) is 5.92 Å². The molecule has 2 fully saturated rings. The summed E-state index contributed by atoms with van der Waals surface area (Å²) < 4.78 is 1.79. The quantitative estimate of drug-likeness (QED) is 0.846. The van der Waals surface area contributed by atoms with Crippen LogP contribution in [0.1, 0.15) is 19.4 Å². The first kappa shape index (κ1) is 19.0. The Balaban J connectivity index is 1.43. The van der Waals surface area contributed by atoms with Crippen LogP contribution in [0.3, 0.4) is 0 Å². The summed E-state index contributed by atoms with van der Waals surface area (Å²) in [5, 5.41) is 7.98.